The number of anilines is 1. The average molecular weight is 259 g/mol. The molecule has 0 aromatic carbocycles. The minimum Gasteiger partial charge on any atom is -0.371 e. The van der Waals surface area contributed by atoms with E-state index in [1.165, 1.54) is 0 Å². The van der Waals surface area contributed by atoms with Gasteiger partial charge in [0, 0.05) is 37.3 Å². The lowest BCUT2D eigenvalue weighted by Crippen LogP contribution is -2.24. The monoisotopic (exact) mass is 259 g/mol. The molecule has 1 N–H and O–H groups in total. The molecule has 0 radical (unpaired) electrons. The molecule has 0 saturated carbocycles. The first-order chi connectivity index (χ1) is 9.25. The number of aromatic nitrogens is 4. The van der Waals surface area contributed by atoms with Crippen molar-refractivity contribution in [2.75, 3.05) is 11.9 Å². The Balaban J connectivity index is 1.80. The molecule has 1 aliphatic rings. The zero-order valence-electron chi connectivity index (χ0n) is 11.1. The third-order valence-electron chi connectivity index (χ3n) is 3.55. The Morgan fingerprint density at radius 3 is 2.84 bits per heavy atom. The van der Waals surface area contributed by atoms with Gasteiger partial charge < -0.3 is 10.1 Å². The third-order valence-corrected chi connectivity index (χ3v) is 3.55. The summed E-state index contributed by atoms with van der Waals surface area (Å²) in [6.45, 7) is 2.80. The minimum atomic E-state index is 0.0116. The highest BCUT2D eigenvalue weighted by Gasteiger charge is 2.32. The highest BCUT2D eigenvalue weighted by molar-refractivity contribution is 5.30. The molecule has 0 bridgehead atoms. The molecule has 1 saturated heterocycles. The summed E-state index contributed by atoms with van der Waals surface area (Å²) in [7, 11) is 1.94. The SMILES string of the molecule is Cc1c([C@H]2OCC[C@@H]2Nc2ncccn2)cnn1C. The highest BCUT2D eigenvalue weighted by atomic mass is 16.5. The van der Waals surface area contributed by atoms with Gasteiger partial charge in [-0.1, -0.05) is 0 Å². The van der Waals surface area contributed by atoms with Gasteiger partial charge in [-0.2, -0.15) is 5.10 Å². The van der Waals surface area contributed by atoms with E-state index in [9.17, 15) is 0 Å². The molecule has 0 spiro atoms. The molecule has 2 aromatic rings. The molecule has 19 heavy (non-hydrogen) atoms. The maximum atomic E-state index is 5.85. The molecular formula is C13H17N5O. The van der Waals surface area contributed by atoms with E-state index in [0.717, 1.165) is 24.3 Å². The van der Waals surface area contributed by atoms with Gasteiger partial charge in [-0.15, -0.1) is 0 Å². The van der Waals surface area contributed by atoms with Crippen molar-refractivity contribution in [3.05, 3.63) is 35.9 Å². The summed E-state index contributed by atoms with van der Waals surface area (Å²) in [4.78, 5) is 8.40. The van der Waals surface area contributed by atoms with Gasteiger partial charge >= 0.3 is 0 Å². The van der Waals surface area contributed by atoms with Gasteiger partial charge in [0.25, 0.3) is 0 Å². The van der Waals surface area contributed by atoms with Crippen LogP contribution in [0.25, 0.3) is 0 Å². The van der Waals surface area contributed by atoms with Crippen LogP contribution in [0.2, 0.25) is 0 Å². The van der Waals surface area contributed by atoms with E-state index in [-0.39, 0.29) is 12.1 Å². The molecule has 1 aliphatic heterocycles. The Morgan fingerprint density at radius 2 is 2.16 bits per heavy atom. The lowest BCUT2D eigenvalue weighted by Gasteiger charge is -2.19. The van der Waals surface area contributed by atoms with Crippen LogP contribution in [0.1, 0.15) is 23.8 Å². The molecular weight excluding hydrogens is 242 g/mol. The van der Waals surface area contributed by atoms with E-state index in [1.54, 1.807) is 18.5 Å². The number of nitrogens with one attached hydrogen (secondary N) is 1. The zero-order valence-corrected chi connectivity index (χ0v) is 11.1. The van der Waals surface area contributed by atoms with Crippen molar-refractivity contribution in [3.8, 4) is 0 Å². The van der Waals surface area contributed by atoms with Crippen LogP contribution in [0.15, 0.2) is 24.7 Å². The van der Waals surface area contributed by atoms with Gasteiger partial charge in [-0.3, -0.25) is 4.68 Å². The Labute approximate surface area is 111 Å². The second-order valence-corrected chi connectivity index (χ2v) is 4.71. The molecule has 6 heteroatoms. The van der Waals surface area contributed by atoms with E-state index >= 15 is 0 Å². The van der Waals surface area contributed by atoms with E-state index in [2.05, 4.69) is 27.3 Å². The molecule has 0 amide bonds. The smallest absolute Gasteiger partial charge is 0.222 e. The lowest BCUT2D eigenvalue weighted by molar-refractivity contribution is 0.107. The Hall–Kier alpha value is -1.95. The lowest BCUT2D eigenvalue weighted by atomic mass is 10.0. The fraction of sp³-hybridized carbons (Fsp3) is 0.462. The molecule has 100 valence electrons. The van der Waals surface area contributed by atoms with Crippen molar-refractivity contribution in [3.63, 3.8) is 0 Å². The average Bonchev–Trinajstić information content (AvgIpc) is 2.99. The van der Waals surface area contributed by atoms with Crippen LogP contribution in [0.4, 0.5) is 5.95 Å². The first-order valence-corrected chi connectivity index (χ1v) is 6.39. The van der Waals surface area contributed by atoms with Gasteiger partial charge in [0.2, 0.25) is 5.95 Å². The van der Waals surface area contributed by atoms with Gasteiger partial charge in [0.15, 0.2) is 0 Å². The topological polar surface area (TPSA) is 64.9 Å². The highest BCUT2D eigenvalue weighted by Crippen LogP contribution is 2.32. The van der Waals surface area contributed by atoms with Crippen LogP contribution in [0.3, 0.4) is 0 Å². The number of hydrogen-bond acceptors (Lipinski definition) is 5. The number of rotatable bonds is 3. The standard InChI is InChI=1S/C13H17N5O/c1-9-10(8-16-18(9)2)12-11(4-7-19-12)17-13-14-5-3-6-15-13/h3,5-6,8,11-12H,4,7H2,1-2H3,(H,14,15,17)/t11-,12+/m0/s1. The van der Waals surface area contributed by atoms with Crippen LogP contribution in [-0.4, -0.2) is 32.4 Å². The fourth-order valence-electron chi connectivity index (χ4n) is 2.38. The van der Waals surface area contributed by atoms with E-state index in [4.69, 9.17) is 4.74 Å². The van der Waals surface area contributed by atoms with Crippen LogP contribution in [-0.2, 0) is 11.8 Å². The summed E-state index contributed by atoms with van der Waals surface area (Å²) < 4.78 is 7.71. The quantitative estimate of drug-likeness (QED) is 0.904. The third kappa shape index (κ3) is 2.31. The van der Waals surface area contributed by atoms with Crippen LogP contribution in [0, 0.1) is 6.92 Å². The Morgan fingerprint density at radius 1 is 1.37 bits per heavy atom. The summed E-state index contributed by atoms with van der Waals surface area (Å²) in [6.07, 6.45) is 6.30. The normalized spacial score (nSPS) is 22.6. The first-order valence-electron chi connectivity index (χ1n) is 6.39. The van der Waals surface area contributed by atoms with Gasteiger partial charge in [0.1, 0.15) is 6.10 Å². The summed E-state index contributed by atoms with van der Waals surface area (Å²) in [5.41, 5.74) is 2.26. The van der Waals surface area contributed by atoms with Crippen molar-refractivity contribution < 1.29 is 4.74 Å². The fourth-order valence-corrected chi connectivity index (χ4v) is 2.38. The maximum Gasteiger partial charge on any atom is 0.222 e. The van der Waals surface area contributed by atoms with E-state index < -0.39 is 0 Å². The number of aryl methyl sites for hydroxylation is 1. The Kier molecular flexibility index (Phi) is 3.16. The minimum absolute atomic E-state index is 0.0116. The van der Waals surface area contributed by atoms with Gasteiger partial charge in [0.05, 0.1) is 12.2 Å². The van der Waals surface area contributed by atoms with Crippen molar-refractivity contribution in [1.29, 1.82) is 0 Å². The molecule has 3 rings (SSSR count). The predicted molar refractivity (Wildman–Crippen MR) is 70.7 cm³/mol. The summed E-state index contributed by atoms with van der Waals surface area (Å²) in [6, 6.07) is 1.99. The van der Waals surface area contributed by atoms with E-state index in [0.29, 0.717) is 5.95 Å². The summed E-state index contributed by atoms with van der Waals surface area (Å²) in [5.74, 6) is 0.643. The van der Waals surface area contributed by atoms with Crippen molar-refractivity contribution in [2.45, 2.75) is 25.5 Å². The second kappa shape index (κ2) is 4.97. The number of nitrogens with zero attached hydrogens (tertiary/aromatic N) is 4. The number of ether oxygens (including phenoxy) is 1. The summed E-state index contributed by atoms with van der Waals surface area (Å²) in [5, 5.41) is 7.62. The van der Waals surface area contributed by atoms with Gasteiger partial charge in [-0.05, 0) is 19.4 Å². The van der Waals surface area contributed by atoms with Gasteiger partial charge in [-0.25, -0.2) is 9.97 Å². The van der Waals surface area contributed by atoms with Crippen LogP contribution in [0.5, 0.6) is 0 Å². The summed E-state index contributed by atoms with van der Waals surface area (Å²) >= 11 is 0. The molecule has 1 fully saturated rings. The maximum absolute atomic E-state index is 5.85. The van der Waals surface area contributed by atoms with Crippen molar-refractivity contribution in [2.24, 2.45) is 7.05 Å². The van der Waals surface area contributed by atoms with Crippen molar-refractivity contribution in [1.82, 2.24) is 19.7 Å². The molecule has 0 unspecified atom stereocenters. The predicted octanol–water partition coefficient (Wildman–Crippen LogP) is 1.46. The van der Waals surface area contributed by atoms with Crippen LogP contribution >= 0.6 is 0 Å². The van der Waals surface area contributed by atoms with E-state index in [1.807, 2.05) is 17.9 Å². The zero-order chi connectivity index (χ0) is 13.2. The molecule has 2 aromatic heterocycles. The largest absolute Gasteiger partial charge is 0.371 e. The van der Waals surface area contributed by atoms with Crippen LogP contribution < -0.4 is 5.32 Å². The number of hydrogen-bond donors (Lipinski definition) is 1. The second-order valence-electron chi connectivity index (χ2n) is 4.71. The molecule has 3 heterocycles. The molecule has 0 aliphatic carbocycles. The Bertz CT molecular complexity index is 553. The first kappa shape index (κ1) is 12.1. The van der Waals surface area contributed by atoms with Crippen molar-refractivity contribution >= 4 is 5.95 Å². The molecule has 6 nitrogen and oxygen atoms in total. The molecule has 2 atom stereocenters.